The highest BCUT2D eigenvalue weighted by molar-refractivity contribution is 5.80. The summed E-state index contributed by atoms with van der Waals surface area (Å²) in [5, 5.41) is 20.3. The van der Waals surface area contributed by atoms with Gasteiger partial charge in [0, 0.05) is 6.42 Å². The third kappa shape index (κ3) is 3.32. The average molecular weight is 298 g/mol. The molecule has 0 unspecified atom stereocenters. The third-order valence-corrected chi connectivity index (χ3v) is 3.15. The van der Waals surface area contributed by atoms with E-state index in [0.29, 0.717) is 12.2 Å². The summed E-state index contributed by atoms with van der Waals surface area (Å²) >= 11 is 0. The van der Waals surface area contributed by atoms with Gasteiger partial charge < -0.3 is 5.32 Å². The SMILES string of the molecule is O=C(NCc1ncn[nH]1)[C@@H](Cc1ccccc1)n1cnnn1. The molecule has 9 nitrogen and oxygen atoms in total. The number of nitrogens with zero attached hydrogens (tertiary/aromatic N) is 6. The molecule has 22 heavy (non-hydrogen) atoms. The minimum Gasteiger partial charge on any atom is -0.347 e. The molecule has 112 valence electrons. The van der Waals surface area contributed by atoms with E-state index >= 15 is 0 Å². The molecule has 0 fully saturated rings. The van der Waals surface area contributed by atoms with Crippen molar-refractivity contribution in [1.29, 1.82) is 0 Å². The maximum absolute atomic E-state index is 12.5. The number of amides is 1. The van der Waals surface area contributed by atoms with Gasteiger partial charge in [-0.3, -0.25) is 9.89 Å². The number of nitrogens with one attached hydrogen (secondary N) is 2. The number of carbonyl (C=O) groups excluding carboxylic acids is 1. The van der Waals surface area contributed by atoms with E-state index in [9.17, 15) is 4.79 Å². The minimum absolute atomic E-state index is 0.187. The number of aromatic amines is 1. The molecule has 2 aromatic heterocycles. The molecule has 2 heterocycles. The molecule has 0 bridgehead atoms. The summed E-state index contributed by atoms with van der Waals surface area (Å²) in [6, 6.07) is 9.18. The van der Waals surface area contributed by atoms with E-state index in [1.54, 1.807) is 0 Å². The third-order valence-electron chi connectivity index (χ3n) is 3.15. The smallest absolute Gasteiger partial charge is 0.245 e. The van der Waals surface area contributed by atoms with Gasteiger partial charge in [0.2, 0.25) is 5.91 Å². The Balaban J connectivity index is 1.72. The van der Waals surface area contributed by atoms with Crippen LogP contribution < -0.4 is 5.32 Å². The first-order chi connectivity index (χ1) is 10.8. The van der Waals surface area contributed by atoms with Gasteiger partial charge in [-0.15, -0.1) is 5.10 Å². The Kier molecular flexibility index (Phi) is 4.14. The molecule has 2 N–H and O–H groups in total. The highest BCUT2D eigenvalue weighted by Gasteiger charge is 2.22. The second kappa shape index (κ2) is 6.57. The number of tetrazole rings is 1. The molecular formula is C13H14N8O. The zero-order valence-corrected chi connectivity index (χ0v) is 11.6. The number of rotatable bonds is 6. The predicted molar refractivity (Wildman–Crippen MR) is 75.2 cm³/mol. The van der Waals surface area contributed by atoms with Crippen molar-refractivity contribution in [2.45, 2.75) is 19.0 Å². The molecule has 0 aliphatic carbocycles. The van der Waals surface area contributed by atoms with Crippen LogP contribution in [0, 0.1) is 0 Å². The first-order valence-electron chi connectivity index (χ1n) is 6.71. The Hall–Kier alpha value is -3.10. The second-order valence-corrected chi connectivity index (χ2v) is 4.65. The fourth-order valence-electron chi connectivity index (χ4n) is 2.06. The predicted octanol–water partition coefficient (Wildman–Crippen LogP) is -0.109. The summed E-state index contributed by atoms with van der Waals surface area (Å²) < 4.78 is 1.45. The number of carbonyl (C=O) groups is 1. The number of benzene rings is 1. The first kappa shape index (κ1) is 13.9. The van der Waals surface area contributed by atoms with Crippen molar-refractivity contribution in [3.8, 4) is 0 Å². The van der Waals surface area contributed by atoms with Crippen LogP contribution in [-0.4, -0.2) is 41.3 Å². The normalized spacial score (nSPS) is 12.0. The van der Waals surface area contributed by atoms with Gasteiger partial charge in [0.05, 0.1) is 6.54 Å². The highest BCUT2D eigenvalue weighted by atomic mass is 16.2. The lowest BCUT2D eigenvalue weighted by Crippen LogP contribution is -2.34. The Morgan fingerprint density at radius 2 is 2.18 bits per heavy atom. The van der Waals surface area contributed by atoms with Gasteiger partial charge in [-0.1, -0.05) is 30.3 Å². The van der Waals surface area contributed by atoms with Gasteiger partial charge in [-0.25, -0.2) is 9.67 Å². The topological polar surface area (TPSA) is 114 Å². The second-order valence-electron chi connectivity index (χ2n) is 4.65. The summed E-state index contributed by atoms with van der Waals surface area (Å²) in [6.07, 6.45) is 3.32. The lowest BCUT2D eigenvalue weighted by Gasteiger charge is -2.15. The minimum atomic E-state index is -0.527. The number of hydrogen-bond donors (Lipinski definition) is 2. The highest BCUT2D eigenvalue weighted by Crippen LogP contribution is 2.13. The molecule has 0 spiro atoms. The molecule has 3 rings (SSSR count). The van der Waals surface area contributed by atoms with E-state index in [1.807, 2.05) is 30.3 Å². The summed E-state index contributed by atoms with van der Waals surface area (Å²) in [5.74, 6) is 0.399. The first-order valence-corrected chi connectivity index (χ1v) is 6.71. The zero-order chi connectivity index (χ0) is 15.2. The molecular weight excluding hydrogens is 284 g/mol. The Morgan fingerprint density at radius 1 is 1.32 bits per heavy atom. The van der Waals surface area contributed by atoms with Crippen molar-refractivity contribution < 1.29 is 4.79 Å². The molecule has 3 aromatic rings. The standard InChI is InChI=1S/C13H14N8O/c22-13(14-7-12-15-8-16-18-12)11(21-9-17-19-20-21)6-10-4-2-1-3-5-10/h1-5,8-9,11H,6-7H2,(H,14,22)(H,15,16,18)/t11-/m1/s1. The Bertz CT molecular complexity index is 695. The van der Waals surface area contributed by atoms with Crippen LogP contribution in [0.3, 0.4) is 0 Å². The largest absolute Gasteiger partial charge is 0.347 e. The Labute approximate surface area is 125 Å². The van der Waals surface area contributed by atoms with Gasteiger partial charge in [-0.05, 0) is 16.0 Å². The van der Waals surface area contributed by atoms with Crippen LogP contribution in [0.15, 0.2) is 43.0 Å². The van der Waals surface area contributed by atoms with Gasteiger partial charge >= 0.3 is 0 Å². The monoisotopic (exact) mass is 298 g/mol. The summed E-state index contributed by atoms with van der Waals surface area (Å²) in [4.78, 5) is 16.4. The fraction of sp³-hybridized carbons (Fsp3) is 0.231. The van der Waals surface area contributed by atoms with Crippen molar-refractivity contribution in [1.82, 2.24) is 40.7 Å². The van der Waals surface area contributed by atoms with E-state index in [4.69, 9.17) is 0 Å². The Morgan fingerprint density at radius 3 is 2.86 bits per heavy atom. The van der Waals surface area contributed by atoms with Crippen molar-refractivity contribution >= 4 is 5.91 Å². The number of H-pyrrole nitrogens is 1. The molecule has 1 atom stereocenters. The average Bonchev–Trinajstić information content (AvgIpc) is 3.24. The van der Waals surface area contributed by atoms with Crippen LogP contribution >= 0.6 is 0 Å². The number of aromatic nitrogens is 7. The molecule has 0 saturated carbocycles. The van der Waals surface area contributed by atoms with Gasteiger partial charge in [0.25, 0.3) is 0 Å². The molecule has 0 saturated heterocycles. The van der Waals surface area contributed by atoms with Gasteiger partial charge in [-0.2, -0.15) is 5.10 Å². The molecule has 0 aliphatic heterocycles. The molecule has 0 radical (unpaired) electrons. The van der Waals surface area contributed by atoms with Crippen LogP contribution in [0.4, 0.5) is 0 Å². The van der Waals surface area contributed by atoms with E-state index < -0.39 is 6.04 Å². The van der Waals surface area contributed by atoms with E-state index in [2.05, 4.69) is 36.0 Å². The molecule has 1 amide bonds. The van der Waals surface area contributed by atoms with Crippen LogP contribution in [0.5, 0.6) is 0 Å². The van der Waals surface area contributed by atoms with Crippen LogP contribution in [0.2, 0.25) is 0 Å². The fourth-order valence-corrected chi connectivity index (χ4v) is 2.06. The van der Waals surface area contributed by atoms with Crippen LogP contribution in [-0.2, 0) is 17.8 Å². The van der Waals surface area contributed by atoms with Crippen LogP contribution in [0.25, 0.3) is 0 Å². The van der Waals surface area contributed by atoms with Gasteiger partial charge in [0.1, 0.15) is 24.5 Å². The molecule has 1 aromatic carbocycles. The van der Waals surface area contributed by atoms with E-state index in [0.717, 1.165) is 5.56 Å². The zero-order valence-electron chi connectivity index (χ0n) is 11.6. The summed E-state index contributed by atoms with van der Waals surface area (Å²) in [5.41, 5.74) is 1.03. The van der Waals surface area contributed by atoms with Crippen molar-refractivity contribution in [3.63, 3.8) is 0 Å². The van der Waals surface area contributed by atoms with Crippen molar-refractivity contribution in [3.05, 3.63) is 54.4 Å². The number of hydrogen-bond acceptors (Lipinski definition) is 6. The summed E-state index contributed by atoms with van der Waals surface area (Å²) in [7, 11) is 0. The van der Waals surface area contributed by atoms with Gasteiger partial charge in [0.15, 0.2) is 0 Å². The maximum Gasteiger partial charge on any atom is 0.245 e. The van der Waals surface area contributed by atoms with Crippen molar-refractivity contribution in [2.24, 2.45) is 0 Å². The van der Waals surface area contributed by atoms with Crippen molar-refractivity contribution in [2.75, 3.05) is 0 Å². The van der Waals surface area contributed by atoms with E-state index in [-0.39, 0.29) is 12.5 Å². The lowest BCUT2D eigenvalue weighted by molar-refractivity contribution is -0.124. The lowest BCUT2D eigenvalue weighted by atomic mass is 10.1. The molecule has 0 aliphatic rings. The molecule has 9 heteroatoms. The maximum atomic E-state index is 12.5. The summed E-state index contributed by atoms with van der Waals surface area (Å²) in [6.45, 7) is 0.270. The van der Waals surface area contributed by atoms with E-state index in [1.165, 1.54) is 17.3 Å². The van der Waals surface area contributed by atoms with Crippen LogP contribution in [0.1, 0.15) is 17.4 Å². The quantitative estimate of drug-likeness (QED) is 0.656.